The Bertz CT molecular complexity index is 988. The zero-order chi connectivity index (χ0) is 15.6. The standard InChI is InChI=1S/C16H13N5O2/c22-16(8-13-12-5-1-2-6-14(12)23-20-13)17-9-11-4-3-7-15-18-10-19-21(11)15/h1-7,10H,8-9H2,(H,17,22). The smallest absolute Gasteiger partial charge is 0.226 e. The van der Waals surface area contributed by atoms with Crippen molar-refractivity contribution in [2.75, 3.05) is 0 Å². The summed E-state index contributed by atoms with van der Waals surface area (Å²) in [5.41, 5.74) is 2.93. The highest BCUT2D eigenvalue weighted by atomic mass is 16.5. The number of fused-ring (bicyclic) bond motifs is 2. The van der Waals surface area contributed by atoms with E-state index in [1.54, 1.807) is 4.52 Å². The second-order valence-electron chi connectivity index (χ2n) is 5.13. The maximum absolute atomic E-state index is 12.2. The first-order valence-corrected chi connectivity index (χ1v) is 7.19. The number of pyridine rings is 1. The number of carbonyl (C=O) groups excluding carboxylic acids is 1. The third-order valence-corrected chi connectivity index (χ3v) is 3.63. The van der Waals surface area contributed by atoms with Crippen LogP contribution in [0, 0.1) is 0 Å². The van der Waals surface area contributed by atoms with Crippen molar-refractivity contribution in [2.24, 2.45) is 0 Å². The van der Waals surface area contributed by atoms with Crippen molar-refractivity contribution in [2.45, 2.75) is 13.0 Å². The van der Waals surface area contributed by atoms with E-state index in [1.807, 2.05) is 42.5 Å². The number of nitrogens with zero attached hydrogens (tertiary/aromatic N) is 4. The molecule has 0 bridgehead atoms. The van der Waals surface area contributed by atoms with E-state index in [1.165, 1.54) is 6.33 Å². The molecule has 0 radical (unpaired) electrons. The molecule has 7 nitrogen and oxygen atoms in total. The van der Waals surface area contributed by atoms with E-state index in [9.17, 15) is 4.79 Å². The summed E-state index contributed by atoms with van der Waals surface area (Å²) in [4.78, 5) is 16.3. The largest absolute Gasteiger partial charge is 0.356 e. The van der Waals surface area contributed by atoms with E-state index in [-0.39, 0.29) is 12.3 Å². The van der Waals surface area contributed by atoms with Crippen LogP contribution in [0.2, 0.25) is 0 Å². The fourth-order valence-electron chi connectivity index (χ4n) is 2.50. The van der Waals surface area contributed by atoms with Crippen LogP contribution in [0.5, 0.6) is 0 Å². The number of hydrogen-bond donors (Lipinski definition) is 1. The predicted molar refractivity (Wildman–Crippen MR) is 82.5 cm³/mol. The van der Waals surface area contributed by atoms with E-state index in [2.05, 4.69) is 20.6 Å². The fourth-order valence-corrected chi connectivity index (χ4v) is 2.50. The van der Waals surface area contributed by atoms with Crippen molar-refractivity contribution in [1.29, 1.82) is 0 Å². The summed E-state index contributed by atoms with van der Waals surface area (Å²) in [5, 5.41) is 11.8. The third kappa shape index (κ3) is 2.52. The Hall–Kier alpha value is -3.22. The van der Waals surface area contributed by atoms with Crippen LogP contribution >= 0.6 is 0 Å². The molecule has 4 aromatic rings. The first-order valence-electron chi connectivity index (χ1n) is 7.19. The molecular weight excluding hydrogens is 294 g/mol. The number of para-hydroxylation sites is 1. The van der Waals surface area contributed by atoms with Crippen molar-refractivity contribution in [3.8, 4) is 0 Å². The van der Waals surface area contributed by atoms with Crippen LogP contribution in [0.1, 0.15) is 11.4 Å². The van der Waals surface area contributed by atoms with Gasteiger partial charge >= 0.3 is 0 Å². The highest BCUT2D eigenvalue weighted by Crippen LogP contribution is 2.18. The van der Waals surface area contributed by atoms with Crippen molar-refractivity contribution in [3.63, 3.8) is 0 Å². The molecule has 0 aliphatic carbocycles. The Morgan fingerprint density at radius 3 is 3.04 bits per heavy atom. The van der Waals surface area contributed by atoms with Crippen molar-refractivity contribution in [3.05, 3.63) is 60.2 Å². The van der Waals surface area contributed by atoms with Gasteiger partial charge in [-0.1, -0.05) is 23.4 Å². The normalized spacial score (nSPS) is 11.1. The molecule has 0 atom stereocenters. The molecule has 0 aliphatic heterocycles. The van der Waals surface area contributed by atoms with Crippen LogP contribution in [-0.4, -0.2) is 25.7 Å². The summed E-state index contributed by atoms with van der Waals surface area (Å²) in [5.74, 6) is -0.124. The molecule has 3 aromatic heterocycles. The Labute approximate surface area is 130 Å². The fraction of sp³-hybridized carbons (Fsp3) is 0.125. The van der Waals surface area contributed by atoms with Gasteiger partial charge in [0.1, 0.15) is 12.0 Å². The van der Waals surface area contributed by atoms with Gasteiger partial charge in [-0.2, -0.15) is 5.10 Å². The maximum atomic E-state index is 12.2. The molecule has 1 N–H and O–H groups in total. The van der Waals surface area contributed by atoms with Crippen LogP contribution in [0.15, 0.2) is 53.3 Å². The molecule has 7 heteroatoms. The number of carbonyl (C=O) groups is 1. The van der Waals surface area contributed by atoms with Crippen LogP contribution in [0.3, 0.4) is 0 Å². The van der Waals surface area contributed by atoms with Gasteiger partial charge in [0.2, 0.25) is 5.91 Å². The monoisotopic (exact) mass is 307 g/mol. The van der Waals surface area contributed by atoms with Gasteiger partial charge in [-0.15, -0.1) is 0 Å². The molecule has 0 spiro atoms. The lowest BCUT2D eigenvalue weighted by atomic mass is 10.1. The van der Waals surface area contributed by atoms with E-state index >= 15 is 0 Å². The number of rotatable bonds is 4. The van der Waals surface area contributed by atoms with Gasteiger partial charge in [0.15, 0.2) is 11.2 Å². The molecular formula is C16H13N5O2. The molecule has 0 saturated carbocycles. The van der Waals surface area contributed by atoms with Gasteiger partial charge in [-0.05, 0) is 24.3 Å². The van der Waals surface area contributed by atoms with Crippen LogP contribution in [0.25, 0.3) is 16.6 Å². The van der Waals surface area contributed by atoms with E-state index in [0.717, 1.165) is 16.7 Å². The summed E-state index contributed by atoms with van der Waals surface area (Å²) in [6, 6.07) is 13.1. The summed E-state index contributed by atoms with van der Waals surface area (Å²) >= 11 is 0. The summed E-state index contributed by atoms with van der Waals surface area (Å²) in [6.45, 7) is 0.370. The van der Waals surface area contributed by atoms with Crippen LogP contribution in [0.4, 0.5) is 0 Å². The van der Waals surface area contributed by atoms with Crippen LogP contribution in [-0.2, 0) is 17.8 Å². The lowest BCUT2D eigenvalue weighted by Crippen LogP contribution is -2.25. The van der Waals surface area contributed by atoms with Gasteiger partial charge in [0.05, 0.1) is 18.7 Å². The van der Waals surface area contributed by atoms with Crippen molar-refractivity contribution >= 4 is 22.5 Å². The summed E-state index contributed by atoms with van der Waals surface area (Å²) in [6.07, 6.45) is 1.66. The van der Waals surface area contributed by atoms with Gasteiger partial charge in [-0.25, -0.2) is 9.50 Å². The molecule has 3 heterocycles. The van der Waals surface area contributed by atoms with Gasteiger partial charge < -0.3 is 9.84 Å². The predicted octanol–water partition coefficient (Wildman–Crippen LogP) is 1.73. The molecule has 4 rings (SSSR count). The average Bonchev–Trinajstić information content (AvgIpc) is 3.20. The third-order valence-electron chi connectivity index (χ3n) is 3.63. The quantitative estimate of drug-likeness (QED) is 0.620. The molecule has 0 unspecified atom stereocenters. The zero-order valence-corrected chi connectivity index (χ0v) is 12.1. The van der Waals surface area contributed by atoms with Crippen molar-refractivity contribution < 1.29 is 9.32 Å². The lowest BCUT2D eigenvalue weighted by molar-refractivity contribution is -0.120. The molecule has 1 amide bonds. The van der Waals surface area contributed by atoms with Gasteiger partial charge in [-0.3, -0.25) is 4.79 Å². The molecule has 23 heavy (non-hydrogen) atoms. The molecule has 0 saturated heterocycles. The number of amides is 1. The average molecular weight is 307 g/mol. The maximum Gasteiger partial charge on any atom is 0.226 e. The zero-order valence-electron chi connectivity index (χ0n) is 12.1. The Balaban J connectivity index is 1.47. The SMILES string of the molecule is O=C(Cc1noc2ccccc12)NCc1cccc2ncnn12. The first-order chi connectivity index (χ1) is 11.3. The minimum atomic E-state index is -0.124. The molecule has 1 aromatic carbocycles. The minimum Gasteiger partial charge on any atom is -0.356 e. The number of nitrogens with one attached hydrogen (secondary N) is 1. The number of aromatic nitrogens is 4. The van der Waals surface area contributed by atoms with Crippen LogP contribution < -0.4 is 5.32 Å². The highest BCUT2D eigenvalue weighted by molar-refractivity contribution is 5.86. The summed E-state index contributed by atoms with van der Waals surface area (Å²) < 4.78 is 6.91. The van der Waals surface area contributed by atoms with Gasteiger partial charge in [0, 0.05) is 5.39 Å². The van der Waals surface area contributed by atoms with Gasteiger partial charge in [0.25, 0.3) is 0 Å². The second kappa shape index (κ2) is 5.53. The molecule has 0 aliphatic rings. The Kier molecular flexibility index (Phi) is 3.23. The first kappa shape index (κ1) is 13.4. The summed E-state index contributed by atoms with van der Waals surface area (Å²) in [7, 11) is 0. The lowest BCUT2D eigenvalue weighted by Gasteiger charge is -2.06. The Morgan fingerprint density at radius 2 is 2.09 bits per heavy atom. The number of benzene rings is 1. The topological polar surface area (TPSA) is 85.3 Å². The molecule has 114 valence electrons. The van der Waals surface area contributed by atoms with E-state index in [0.29, 0.717) is 17.8 Å². The van der Waals surface area contributed by atoms with Crippen molar-refractivity contribution in [1.82, 2.24) is 25.1 Å². The Morgan fingerprint density at radius 1 is 1.17 bits per heavy atom. The molecule has 0 fully saturated rings. The van der Waals surface area contributed by atoms with E-state index < -0.39 is 0 Å². The second-order valence-corrected chi connectivity index (χ2v) is 5.13. The number of hydrogen-bond acceptors (Lipinski definition) is 5. The highest BCUT2D eigenvalue weighted by Gasteiger charge is 2.12. The van der Waals surface area contributed by atoms with E-state index in [4.69, 9.17) is 4.52 Å². The minimum absolute atomic E-state index is 0.124.